The summed E-state index contributed by atoms with van der Waals surface area (Å²) < 4.78 is 9.59. The van der Waals surface area contributed by atoms with Crippen LogP contribution in [0.25, 0.3) is 0 Å². The van der Waals surface area contributed by atoms with Crippen molar-refractivity contribution in [2.75, 3.05) is 6.61 Å². The molecule has 0 aromatic carbocycles. The van der Waals surface area contributed by atoms with Gasteiger partial charge in [0.25, 0.3) is 0 Å². The Morgan fingerprint density at radius 2 is 1.67 bits per heavy atom. The molecule has 0 saturated heterocycles. The van der Waals surface area contributed by atoms with Gasteiger partial charge in [0.2, 0.25) is 11.9 Å². The number of hydrogen-bond acceptors (Lipinski definition) is 8. The quantitative estimate of drug-likeness (QED) is 0.317. The molecule has 0 saturated carbocycles. The van der Waals surface area contributed by atoms with Gasteiger partial charge in [0.15, 0.2) is 11.9 Å². The van der Waals surface area contributed by atoms with E-state index in [-0.39, 0.29) is 12.8 Å². The summed E-state index contributed by atoms with van der Waals surface area (Å²) in [5.41, 5.74) is 0. The second kappa shape index (κ2) is 9.76. The predicted molar refractivity (Wildman–Crippen MR) is 79.1 cm³/mol. The van der Waals surface area contributed by atoms with Crippen LogP contribution in [0, 0.1) is 0 Å². The Bertz CT molecular complexity index is 497. The lowest BCUT2D eigenvalue weighted by Gasteiger charge is -2.20. The number of ether oxygens (including phenoxy) is 2. The normalized spacial score (nSPS) is 18.4. The lowest BCUT2D eigenvalue weighted by Crippen LogP contribution is -2.36. The summed E-state index contributed by atoms with van der Waals surface area (Å²) in [5, 5.41) is 36.4. The summed E-state index contributed by atoms with van der Waals surface area (Å²) in [5.74, 6) is -4.34. The first kappa shape index (κ1) is 19.8. The molecule has 0 spiro atoms. The highest BCUT2D eigenvalue weighted by Gasteiger charge is 2.41. The maximum absolute atomic E-state index is 11.7. The molecule has 24 heavy (non-hydrogen) atoms. The molecule has 1 aliphatic heterocycles. The molecule has 0 fully saturated rings. The minimum absolute atomic E-state index is 0.0759. The molecule has 2 atom stereocenters. The van der Waals surface area contributed by atoms with E-state index in [0.29, 0.717) is 12.8 Å². The summed E-state index contributed by atoms with van der Waals surface area (Å²) in [4.78, 5) is 33.1. The van der Waals surface area contributed by atoms with Crippen molar-refractivity contribution in [1.29, 1.82) is 0 Å². The number of carboxylic acids is 1. The van der Waals surface area contributed by atoms with E-state index in [1.807, 2.05) is 0 Å². The van der Waals surface area contributed by atoms with Crippen molar-refractivity contribution < 1.29 is 44.3 Å². The van der Waals surface area contributed by atoms with Gasteiger partial charge in [-0.3, -0.25) is 9.59 Å². The lowest BCUT2D eigenvalue weighted by molar-refractivity contribution is -0.165. The van der Waals surface area contributed by atoms with Crippen LogP contribution >= 0.6 is 0 Å². The summed E-state index contributed by atoms with van der Waals surface area (Å²) in [7, 11) is 0. The number of aliphatic hydroxyl groups is 3. The van der Waals surface area contributed by atoms with Gasteiger partial charge in [-0.25, -0.2) is 4.79 Å². The average Bonchev–Trinajstić information content (AvgIpc) is 2.79. The van der Waals surface area contributed by atoms with Gasteiger partial charge in [0.1, 0.15) is 0 Å². The third-order valence-corrected chi connectivity index (χ3v) is 3.51. The fourth-order valence-electron chi connectivity index (χ4n) is 2.22. The third kappa shape index (κ3) is 6.07. The van der Waals surface area contributed by atoms with Crippen LogP contribution in [-0.2, 0) is 23.9 Å². The van der Waals surface area contributed by atoms with E-state index in [1.165, 1.54) is 0 Å². The van der Waals surface area contributed by atoms with Crippen LogP contribution in [-0.4, -0.2) is 57.1 Å². The first-order chi connectivity index (χ1) is 11.4. The van der Waals surface area contributed by atoms with Gasteiger partial charge in [0, 0.05) is 12.8 Å². The highest BCUT2D eigenvalue weighted by molar-refractivity contribution is 5.89. The maximum atomic E-state index is 11.7. The summed E-state index contributed by atoms with van der Waals surface area (Å²) in [6.45, 7) is -0.684. The Morgan fingerprint density at radius 3 is 2.17 bits per heavy atom. The summed E-state index contributed by atoms with van der Waals surface area (Å²) >= 11 is 0. The van der Waals surface area contributed by atoms with Crippen LogP contribution in [0.1, 0.15) is 44.9 Å². The highest BCUT2D eigenvalue weighted by atomic mass is 16.6. The molecule has 0 amide bonds. The van der Waals surface area contributed by atoms with Crippen LogP contribution in [0.3, 0.4) is 0 Å². The number of aliphatic hydroxyl groups excluding tert-OH is 3. The number of carbonyl (C=O) groups excluding carboxylic acids is 2. The van der Waals surface area contributed by atoms with Crippen molar-refractivity contribution in [2.45, 2.75) is 57.2 Å². The SMILES string of the molecule is O=C(O)CCCCCCCC(=O)O[C@@H](CO)[C@H]1OC(=O)C(O)=C1O. The Hall–Kier alpha value is -2.29. The number of carbonyl (C=O) groups is 3. The monoisotopic (exact) mass is 346 g/mol. The number of unbranched alkanes of at least 4 members (excludes halogenated alkanes) is 4. The molecule has 0 aliphatic carbocycles. The molecule has 1 aliphatic rings. The van der Waals surface area contributed by atoms with E-state index < -0.39 is 48.2 Å². The van der Waals surface area contributed by atoms with Gasteiger partial charge >= 0.3 is 17.9 Å². The van der Waals surface area contributed by atoms with Crippen molar-refractivity contribution in [3.8, 4) is 0 Å². The fraction of sp³-hybridized carbons (Fsp3) is 0.667. The number of esters is 2. The average molecular weight is 346 g/mol. The zero-order chi connectivity index (χ0) is 18.1. The van der Waals surface area contributed by atoms with Crippen LogP contribution in [0.5, 0.6) is 0 Å². The van der Waals surface area contributed by atoms with Crippen molar-refractivity contribution in [2.24, 2.45) is 0 Å². The first-order valence-corrected chi connectivity index (χ1v) is 7.72. The lowest BCUT2D eigenvalue weighted by atomic mass is 10.1. The molecule has 1 rings (SSSR count). The molecule has 9 heteroatoms. The third-order valence-electron chi connectivity index (χ3n) is 3.51. The molecule has 0 aromatic rings. The van der Waals surface area contributed by atoms with Crippen LogP contribution in [0.2, 0.25) is 0 Å². The van der Waals surface area contributed by atoms with Crippen LogP contribution < -0.4 is 0 Å². The van der Waals surface area contributed by atoms with Gasteiger partial charge in [0.05, 0.1) is 6.61 Å². The van der Waals surface area contributed by atoms with Crippen LogP contribution in [0.4, 0.5) is 0 Å². The predicted octanol–water partition coefficient (Wildman–Crippen LogP) is 0.959. The van der Waals surface area contributed by atoms with E-state index in [0.717, 1.165) is 19.3 Å². The number of hydrogen-bond donors (Lipinski definition) is 4. The number of rotatable bonds is 11. The Morgan fingerprint density at radius 1 is 1.08 bits per heavy atom. The molecule has 0 aromatic heterocycles. The summed E-state index contributed by atoms with van der Waals surface area (Å²) in [6.07, 6.45) is 0.901. The molecule has 0 radical (unpaired) electrons. The first-order valence-electron chi connectivity index (χ1n) is 7.72. The van der Waals surface area contributed by atoms with Crippen molar-refractivity contribution in [3.05, 3.63) is 11.5 Å². The zero-order valence-electron chi connectivity index (χ0n) is 13.1. The highest BCUT2D eigenvalue weighted by Crippen LogP contribution is 2.23. The number of carboxylic acid groups (broad SMARTS) is 1. The van der Waals surface area contributed by atoms with Gasteiger partial charge in [-0.2, -0.15) is 0 Å². The molecular weight excluding hydrogens is 324 g/mol. The smallest absolute Gasteiger partial charge is 0.378 e. The summed E-state index contributed by atoms with van der Waals surface area (Å²) in [6, 6.07) is 0. The van der Waals surface area contributed by atoms with E-state index in [2.05, 4.69) is 4.74 Å². The molecule has 9 nitrogen and oxygen atoms in total. The number of aliphatic carboxylic acids is 1. The minimum Gasteiger partial charge on any atom is -0.505 e. The minimum atomic E-state index is -1.41. The van der Waals surface area contributed by atoms with Crippen molar-refractivity contribution >= 4 is 17.9 Å². The molecule has 0 unspecified atom stereocenters. The van der Waals surface area contributed by atoms with Crippen molar-refractivity contribution in [1.82, 2.24) is 0 Å². The second-order valence-corrected chi connectivity index (χ2v) is 5.43. The molecule has 0 bridgehead atoms. The van der Waals surface area contributed by atoms with E-state index in [9.17, 15) is 29.7 Å². The fourth-order valence-corrected chi connectivity index (χ4v) is 2.22. The topological polar surface area (TPSA) is 151 Å². The molecule has 136 valence electrons. The maximum Gasteiger partial charge on any atom is 0.378 e. The molecular formula is C15H22O9. The Balaban J connectivity index is 2.26. The van der Waals surface area contributed by atoms with Gasteiger partial charge in [-0.15, -0.1) is 0 Å². The van der Waals surface area contributed by atoms with Gasteiger partial charge in [-0.1, -0.05) is 19.3 Å². The molecule has 1 heterocycles. The standard InChI is InChI=1S/C15H22O9/c16-8-9(14-12(20)13(21)15(22)24-14)23-11(19)7-5-3-1-2-4-6-10(17)18/h9,14,16,20-21H,1-8H2,(H,17,18)/t9-,14+/m0/s1. The zero-order valence-corrected chi connectivity index (χ0v) is 13.1. The largest absolute Gasteiger partial charge is 0.505 e. The van der Waals surface area contributed by atoms with E-state index in [1.54, 1.807) is 0 Å². The Labute approximate surface area is 138 Å². The van der Waals surface area contributed by atoms with Crippen molar-refractivity contribution in [3.63, 3.8) is 0 Å². The van der Waals surface area contributed by atoms with Gasteiger partial charge in [-0.05, 0) is 12.8 Å². The van der Waals surface area contributed by atoms with Crippen LogP contribution in [0.15, 0.2) is 11.5 Å². The van der Waals surface area contributed by atoms with E-state index >= 15 is 0 Å². The van der Waals surface area contributed by atoms with E-state index in [4.69, 9.17) is 9.84 Å². The Kier molecular flexibility index (Phi) is 8.03. The molecule has 4 N–H and O–H groups in total. The number of cyclic esters (lactones) is 1. The van der Waals surface area contributed by atoms with Gasteiger partial charge < -0.3 is 29.9 Å². The second-order valence-electron chi connectivity index (χ2n) is 5.43.